The molecule has 2 aromatic carbocycles. The first kappa shape index (κ1) is 20.1. The van der Waals surface area contributed by atoms with Crippen LogP contribution in [0.5, 0.6) is 0 Å². The number of esters is 1. The molecule has 3 rings (SSSR count). The molecular weight excluding hydrogens is 366 g/mol. The largest absolute Gasteiger partial charge is 0.465 e. The van der Waals surface area contributed by atoms with Gasteiger partial charge < -0.3 is 15.4 Å². The van der Waals surface area contributed by atoms with Crippen molar-refractivity contribution >= 4 is 29.1 Å². The highest BCUT2D eigenvalue weighted by atomic mass is 16.5. The average molecular weight is 389 g/mol. The Kier molecular flexibility index (Phi) is 6.24. The van der Waals surface area contributed by atoms with Gasteiger partial charge in [0, 0.05) is 17.6 Å². The number of rotatable bonds is 6. The molecule has 148 valence electrons. The molecule has 0 radical (unpaired) electrons. The number of amides is 1. The van der Waals surface area contributed by atoms with Gasteiger partial charge in [0.05, 0.1) is 18.2 Å². The fourth-order valence-corrected chi connectivity index (χ4v) is 2.71. The number of nitrogens with one attached hydrogen (secondary N) is 2. The molecule has 0 fully saturated rings. The van der Waals surface area contributed by atoms with Crippen LogP contribution in [0, 0.1) is 0 Å². The maximum Gasteiger partial charge on any atom is 0.337 e. The molecule has 0 bridgehead atoms. The SMILES string of the molecule is COC(=O)c1ccc(Nc2ccc(C(=O)Nc3ccc(C(C)C)cc3)cn2)cc1. The van der Waals surface area contributed by atoms with E-state index in [2.05, 4.69) is 34.2 Å². The molecule has 0 atom stereocenters. The van der Waals surface area contributed by atoms with Crippen molar-refractivity contribution < 1.29 is 14.3 Å². The lowest BCUT2D eigenvalue weighted by Crippen LogP contribution is -2.12. The topological polar surface area (TPSA) is 80.3 Å². The van der Waals surface area contributed by atoms with Crippen molar-refractivity contribution in [1.82, 2.24) is 4.98 Å². The van der Waals surface area contributed by atoms with Crippen molar-refractivity contribution in [3.05, 3.63) is 83.6 Å². The highest BCUT2D eigenvalue weighted by Crippen LogP contribution is 2.19. The lowest BCUT2D eigenvalue weighted by Gasteiger charge is -2.09. The van der Waals surface area contributed by atoms with Crippen LogP contribution < -0.4 is 10.6 Å². The fourth-order valence-electron chi connectivity index (χ4n) is 2.71. The van der Waals surface area contributed by atoms with E-state index in [-0.39, 0.29) is 11.9 Å². The summed E-state index contributed by atoms with van der Waals surface area (Å²) in [5.41, 5.74) is 3.67. The summed E-state index contributed by atoms with van der Waals surface area (Å²) < 4.78 is 4.68. The number of hydrogen-bond acceptors (Lipinski definition) is 5. The van der Waals surface area contributed by atoms with Gasteiger partial charge in [0.2, 0.25) is 0 Å². The number of benzene rings is 2. The van der Waals surface area contributed by atoms with Gasteiger partial charge in [-0.25, -0.2) is 9.78 Å². The van der Waals surface area contributed by atoms with Crippen LogP contribution >= 0.6 is 0 Å². The Morgan fingerprint density at radius 2 is 1.48 bits per heavy atom. The summed E-state index contributed by atoms with van der Waals surface area (Å²) >= 11 is 0. The van der Waals surface area contributed by atoms with Gasteiger partial charge in [0.15, 0.2) is 0 Å². The van der Waals surface area contributed by atoms with E-state index in [1.54, 1.807) is 36.4 Å². The lowest BCUT2D eigenvalue weighted by atomic mass is 10.0. The molecule has 0 saturated carbocycles. The molecule has 1 heterocycles. The van der Waals surface area contributed by atoms with Crippen LogP contribution in [-0.4, -0.2) is 24.0 Å². The number of nitrogens with zero attached hydrogens (tertiary/aromatic N) is 1. The van der Waals surface area contributed by atoms with Gasteiger partial charge in [0.1, 0.15) is 5.82 Å². The second-order valence-corrected chi connectivity index (χ2v) is 6.86. The van der Waals surface area contributed by atoms with Crippen LogP contribution in [0.2, 0.25) is 0 Å². The van der Waals surface area contributed by atoms with Gasteiger partial charge >= 0.3 is 5.97 Å². The molecule has 0 aliphatic carbocycles. The van der Waals surface area contributed by atoms with Crippen molar-refractivity contribution in [2.75, 3.05) is 17.7 Å². The molecule has 2 N–H and O–H groups in total. The Morgan fingerprint density at radius 1 is 0.862 bits per heavy atom. The van der Waals surface area contributed by atoms with Crippen LogP contribution in [0.4, 0.5) is 17.2 Å². The molecule has 3 aromatic rings. The number of pyridine rings is 1. The lowest BCUT2D eigenvalue weighted by molar-refractivity contribution is 0.0600. The molecule has 0 spiro atoms. The number of carbonyl (C=O) groups excluding carboxylic acids is 2. The third-order valence-corrected chi connectivity index (χ3v) is 4.44. The third kappa shape index (κ3) is 5.19. The van der Waals surface area contributed by atoms with Crippen molar-refractivity contribution in [2.45, 2.75) is 19.8 Å². The van der Waals surface area contributed by atoms with Crippen LogP contribution in [0.3, 0.4) is 0 Å². The first-order chi connectivity index (χ1) is 14.0. The first-order valence-corrected chi connectivity index (χ1v) is 9.29. The summed E-state index contributed by atoms with van der Waals surface area (Å²) in [6.07, 6.45) is 1.52. The number of ether oxygens (including phenoxy) is 1. The zero-order valence-corrected chi connectivity index (χ0v) is 16.6. The quantitative estimate of drug-likeness (QED) is 0.581. The van der Waals surface area contributed by atoms with Crippen molar-refractivity contribution in [1.29, 1.82) is 0 Å². The van der Waals surface area contributed by atoms with E-state index >= 15 is 0 Å². The zero-order valence-electron chi connectivity index (χ0n) is 16.6. The monoisotopic (exact) mass is 389 g/mol. The van der Waals surface area contributed by atoms with E-state index in [1.807, 2.05) is 24.3 Å². The number of aromatic nitrogens is 1. The number of hydrogen-bond donors (Lipinski definition) is 2. The van der Waals surface area contributed by atoms with E-state index < -0.39 is 0 Å². The molecule has 6 heteroatoms. The van der Waals surface area contributed by atoms with Gasteiger partial charge in [-0.15, -0.1) is 0 Å². The van der Waals surface area contributed by atoms with Crippen molar-refractivity contribution in [2.24, 2.45) is 0 Å². The minimum absolute atomic E-state index is 0.219. The molecule has 0 unspecified atom stereocenters. The van der Waals surface area contributed by atoms with E-state index in [9.17, 15) is 9.59 Å². The molecule has 0 saturated heterocycles. The summed E-state index contributed by atoms with van der Waals surface area (Å²) in [6, 6.07) is 18.1. The van der Waals surface area contributed by atoms with Gasteiger partial charge in [0.25, 0.3) is 5.91 Å². The predicted octanol–water partition coefficient (Wildman–Crippen LogP) is 4.99. The van der Waals surface area contributed by atoms with Crippen LogP contribution in [0.25, 0.3) is 0 Å². The number of anilines is 3. The molecule has 29 heavy (non-hydrogen) atoms. The van der Waals surface area contributed by atoms with Crippen LogP contribution in [-0.2, 0) is 4.74 Å². The zero-order chi connectivity index (χ0) is 20.8. The van der Waals surface area contributed by atoms with Crippen LogP contribution in [0.15, 0.2) is 66.9 Å². The van der Waals surface area contributed by atoms with E-state index in [4.69, 9.17) is 0 Å². The molecular formula is C23H23N3O3. The van der Waals surface area contributed by atoms with E-state index in [0.29, 0.717) is 22.9 Å². The van der Waals surface area contributed by atoms with Crippen LogP contribution in [0.1, 0.15) is 46.0 Å². The molecule has 0 aliphatic heterocycles. The van der Waals surface area contributed by atoms with Crippen molar-refractivity contribution in [3.8, 4) is 0 Å². The normalized spacial score (nSPS) is 10.5. The maximum atomic E-state index is 12.4. The Morgan fingerprint density at radius 3 is 2.03 bits per heavy atom. The fraction of sp³-hybridized carbons (Fsp3) is 0.174. The third-order valence-electron chi connectivity index (χ3n) is 4.44. The predicted molar refractivity (Wildman–Crippen MR) is 114 cm³/mol. The minimum Gasteiger partial charge on any atom is -0.465 e. The van der Waals surface area contributed by atoms with Gasteiger partial charge in [-0.1, -0.05) is 26.0 Å². The summed E-state index contributed by atoms with van der Waals surface area (Å²) in [7, 11) is 1.34. The summed E-state index contributed by atoms with van der Waals surface area (Å²) in [5, 5.41) is 6.00. The Bertz CT molecular complexity index is 979. The molecule has 6 nitrogen and oxygen atoms in total. The Labute approximate surface area is 169 Å². The summed E-state index contributed by atoms with van der Waals surface area (Å²) in [4.78, 5) is 28.2. The van der Waals surface area contributed by atoms with Gasteiger partial charge in [-0.3, -0.25) is 4.79 Å². The number of methoxy groups -OCH3 is 1. The smallest absolute Gasteiger partial charge is 0.337 e. The number of carbonyl (C=O) groups is 2. The first-order valence-electron chi connectivity index (χ1n) is 9.29. The second kappa shape index (κ2) is 9.01. The van der Waals surface area contributed by atoms with E-state index in [1.165, 1.54) is 18.9 Å². The van der Waals surface area contributed by atoms with Gasteiger partial charge in [-0.05, 0) is 60.0 Å². The van der Waals surface area contributed by atoms with Crippen molar-refractivity contribution in [3.63, 3.8) is 0 Å². The Hall–Kier alpha value is -3.67. The highest BCUT2D eigenvalue weighted by molar-refractivity contribution is 6.04. The standard InChI is InChI=1S/C23H23N3O3/c1-15(2)16-4-9-20(10-5-16)26-22(27)18-8-13-21(24-14-18)25-19-11-6-17(7-12-19)23(28)29-3/h4-15H,1-3H3,(H,24,25)(H,26,27). The average Bonchev–Trinajstić information content (AvgIpc) is 2.74. The minimum atomic E-state index is -0.385. The van der Waals surface area contributed by atoms with E-state index in [0.717, 1.165) is 11.4 Å². The summed E-state index contributed by atoms with van der Waals surface area (Å²) in [6.45, 7) is 4.25. The Balaban J connectivity index is 1.61. The van der Waals surface area contributed by atoms with Gasteiger partial charge in [-0.2, -0.15) is 0 Å². The molecule has 0 aliphatic rings. The summed E-state index contributed by atoms with van der Waals surface area (Å²) in [5.74, 6) is 0.432. The second-order valence-electron chi connectivity index (χ2n) is 6.86. The maximum absolute atomic E-state index is 12.4. The highest BCUT2D eigenvalue weighted by Gasteiger charge is 2.08. The molecule has 1 amide bonds. The molecule has 1 aromatic heterocycles.